The van der Waals surface area contributed by atoms with Crippen LogP contribution in [0.3, 0.4) is 0 Å². The molecule has 2 nitrogen and oxygen atoms in total. The summed E-state index contributed by atoms with van der Waals surface area (Å²) in [4.78, 5) is 12.0. The molecule has 0 aliphatic carbocycles. The Labute approximate surface area is 406 Å². The molecule has 0 aliphatic rings. The molecule has 0 spiro atoms. The van der Waals surface area contributed by atoms with Gasteiger partial charge in [0, 0.05) is 6.42 Å². The average molecular weight is 900 g/mol. The molecule has 0 aromatic rings. The summed E-state index contributed by atoms with van der Waals surface area (Å²) < 4.78 is 5.49. The number of rotatable bonds is 58. The third-order valence-corrected chi connectivity index (χ3v) is 14.4. The molecule has 0 aliphatic heterocycles. The second kappa shape index (κ2) is 60.2. The smallest absolute Gasteiger partial charge is 0.305 e. The molecule has 0 rings (SSSR count). The van der Waals surface area contributed by atoms with Crippen molar-refractivity contribution in [2.45, 2.75) is 373 Å². The molecule has 0 aromatic carbocycles. The fraction of sp³-hybridized carbons (Fsp3) is 0.952. The third-order valence-electron chi connectivity index (χ3n) is 14.4. The van der Waals surface area contributed by atoms with E-state index in [0.717, 1.165) is 19.3 Å². The van der Waals surface area contributed by atoms with Crippen molar-refractivity contribution in [3.05, 3.63) is 12.2 Å². The van der Waals surface area contributed by atoms with Crippen molar-refractivity contribution in [2.75, 3.05) is 6.61 Å². The van der Waals surface area contributed by atoms with Gasteiger partial charge in [0.05, 0.1) is 6.61 Å². The van der Waals surface area contributed by atoms with E-state index < -0.39 is 0 Å². The number of ether oxygens (including phenoxy) is 1. The van der Waals surface area contributed by atoms with Gasteiger partial charge in [-0.25, -0.2) is 0 Å². The fourth-order valence-corrected chi connectivity index (χ4v) is 9.84. The summed E-state index contributed by atoms with van der Waals surface area (Å²) in [6, 6.07) is 0. The highest BCUT2D eigenvalue weighted by atomic mass is 16.5. The zero-order chi connectivity index (χ0) is 46.0. The number of carbonyl (C=O) groups excluding carboxylic acids is 1. The van der Waals surface area contributed by atoms with Crippen molar-refractivity contribution in [1.29, 1.82) is 0 Å². The first-order valence-corrected chi connectivity index (χ1v) is 30.6. The first-order valence-electron chi connectivity index (χ1n) is 30.6. The third kappa shape index (κ3) is 59.2. The Morgan fingerprint density at radius 1 is 0.250 bits per heavy atom. The number of allylic oxidation sites excluding steroid dienone is 2. The molecule has 64 heavy (non-hydrogen) atoms. The highest BCUT2D eigenvalue weighted by Crippen LogP contribution is 2.19. The Morgan fingerprint density at radius 2 is 0.438 bits per heavy atom. The van der Waals surface area contributed by atoms with E-state index in [-0.39, 0.29) is 5.97 Å². The van der Waals surface area contributed by atoms with Gasteiger partial charge in [0.2, 0.25) is 0 Å². The van der Waals surface area contributed by atoms with Crippen molar-refractivity contribution < 1.29 is 9.53 Å². The quantitative estimate of drug-likeness (QED) is 0.0345. The van der Waals surface area contributed by atoms with E-state index in [1.165, 1.54) is 334 Å². The molecule has 0 N–H and O–H groups in total. The van der Waals surface area contributed by atoms with E-state index in [2.05, 4.69) is 26.0 Å². The van der Waals surface area contributed by atoms with Crippen molar-refractivity contribution in [1.82, 2.24) is 0 Å². The first kappa shape index (κ1) is 63.2. The topological polar surface area (TPSA) is 26.3 Å². The molecule has 0 heterocycles. The van der Waals surface area contributed by atoms with Crippen LogP contribution in [0.1, 0.15) is 373 Å². The molecular weight excluding hydrogens is 777 g/mol. The molecule has 0 fully saturated rings. The largest absolute Gasteiger partial charge is 0.466 e. The Bertz CT molecular complexity index is 848. The summed E-state index contributed by atoms with van der Waals surface area (Å²) in [5.74, 6) is 0.0228. The van der Waals surface area contributed by atoms with Crippen LogP contribution in [0.25, 0.3) is 0 Å². The van der Waals surface area contributed by atoms with Crippen LogP contribution in [-0.2, 0) is 9.53 Å². The highest BCUT2D eigenvalue weighted by molar-refractivity contribution is 5.69. The fourth-order valence-electron chi connectivity index (χ4n) is 9.84. The van der Waals surface area contributed by atoms with E-state index >= 15 is 0 Å². The Kier molecular flexibility index (Phi) is 59.5. The lowest BCUT2D eigenvalue weighted by Crippen LogP contribution is -2.05. The molecule has 0 aromatic heterocycles. The van der Waals surface area contributed by atoms with Crippen molar-refractivity contribution >= 4 is 5.97 Å². The van der Waals surface area contributed by atoms with E-state index in [9.17, 15) is 4.79 Å². The Balaban J connectivity index is 3.13. The molecule has 2 heteroatoms. The zero-order valence-corrected chi connectivity index (χ0v) is 44.8. The Hall–Kier alpha value is -0.790. The van der Waals surface area contributed by atoms with Gasteiger partial charge in [-0.3, -0.25) is 4.79 Å². The van der Waals surface area contributed by atoms with Crippen LogP contribution >= 0.6 is 0 Å². The summed E-state index contributed by atoms with van der Waals surface area (Å²) in [6.07, 6.45) is 82.9. The zero-order valence-electron chi connectivity index (χ0n) is 44.8. The average Bonchev–Trinajstić information content (AvgIpc) is 3.30. The predicted molar refractivity (Wildman–Crippen MR) is 290 cm³/mol. The van der Waals surface area contributed by atoms with E-state index in [1.807, 2.05) is 0 Å². The van der Waals surface area contributed by atoms with Crippen molar-refractivity contribution in [3.8, 4) is 0 Å². The van der Waals surface area contributed by atoms with E-state index in [1.54, 1.807) is 0 Å². The molecule has 0 unspecified atom stereocenters. The van der Waals surface area contributed by atoms with Crippen molar-refractivity contribution in [2.24, 2.45) is 0 Å². The summed E-state index contributed by atoms with van der Waals surface area (Å²) in [5, 5.41) is 0. The Morgan fingerprint density at radius 3 is 0.672 bits per heavy atom. The van der Waals surface area contributed by atoms with Crippen molar-refractivity contribution in [3.63, 3.8) is 0 Å². The number of hydrogen-bond donors (Lipinski definition) is 0. The molecule has 382 valence electrons. The molecule has 0 atom stereocenters. The molecule has 0 radical (unpaired) electrons. The number of esters is 1. The van der Waals surface area contributed by atoms with Gasteiger partial charge >= 0.3 is 5.97 Å². The maximum atomic E-state index is 12.0. The second-order valence-electron chi connectivity index (χ2n) is 21.1. The van der Waals surface area contributed by atoms with Gasteiger partial charge < -0.3 is 4.74 Å². The lowest BCUT2D eigenvalue weighted by atomic mass is 10.0. The summed E-state index contributed by atoms with van der Waals surface area (Å²) in [7, 11) is 0. The minimum atomic E-state index is 0.0228. The second-order valence-corrected chi connectivity index (χ2v) is 21.1. The van der Waals surface area contributed by atoms with Crippen LogP contribution in [0, 0.1) is 0 Å². The van der Waals surface area contributed by atoms with E-state index in [0.29, 0.717) is 13.0 Å². The van der Waals surface area contributed by atoms with Crippen LogP contribution < -0.4 is 0 Å². The number of unbranched alkanes of at least 4 members (excludes halogenated alkanes) is 52. The molecule has 0 saturated heterocycles. The molecule has 0 bridgehead atoms. The molecular formula is C62H122O2. The minimum absolute atomic E-state index is 0.0228. The summed E-state index contributed by atoms with van der Waals surface area (Å²) >= 11 is 0. The van der Waals surface area contributed by atoms with Gasteiger partial charge in [-0.15, -0.1) is 0 Å². The number of carbonyl (C=O) groups is 1. The van der Waals surface area contributed by atoms with Gasteiger partial charge in [-0.1, -0.05) is 341 Å². The van der Waals surface area contributed by atoms with Crippen LogP contribution in [-0.4, -0.2) is 12.6 Å². The SMILES string of the molecule is CCCCCCCC/C=C\CCCCCCCC(=O)OCCCCCCCCCCCCCCCCCCCCCCCCCCCCCCCCCCCCCCCCCCCC. The van der Waals surface area contributed by atoms with Gasteiger partial charge in [-0.05, 0) is 38.5 Å². The van der Waals surface area contributed by atoms with Gasteiger partial charge in [-0.2, -0.15) is 0 Å². The molecule has 0 amide bonds. The van der Waals surface area contributed by atoms with Gasteiger partial charge in [0.15, 0.2) is 0 Å². The van der Waals surface area contributed by atoms with E-state index in [4.69, 9.17) is 4.74 Å². The van der Waals surface area contributed by atoms with Gasteiger partial charge in [0.1, 0.15) is 0 Å². The minimum Gasteiger partial charge on any atom is -0.466 e. The monoisotopic (exact) mass is 899 g/mol. The summed E-state index contributed by atoms with van der Waals surface area (Å²) in [6.45, 7) is 5.22. The van der Waals surface area contributed by atoms with Crippen LogP contribution in [0.5, 0.6) is 0 Å². The first-order chi connectivity index (χ1) is 31.8. The lowest BCUT2D eigenvalue weighted by Gasteiger charge is -2.06. The lowest BCUT2D eigenvalue weighted by molar-refractivity contribution is -0.143. The maximum absolute atomic E-state index is 12.0. The van der Waals surface area contributed by atoms with Crippen LogP contribution in [0.15, 0.2) is 12.2 Å². The van der Waals surface area contributed by atoms with Crippen LogP contribution in [0.2, 0.25) is 0 Å². The van der Waals surface area contributed by atoms with Crippen LogP contribution in [0.4, 0.5) is 0 Å². The highest BCUT2D eigenvalue weighted by Gasteiger charge is 2.03. The standard InChI is InChI=1S/C62H122O2/c1-3-5-7-9-11-13-15-17-19-20-21-22-23-24-25-26-27-28-29-30-31-32-33-34-35-36-37-38-39-40-41-42-43-44-45-47-49-51-53-55-57-59-61-64-62(63)60-58-56-54-52-50-48-46-18-16-14-12-10-8-6-4-2/h18,46H,3-17,19-45,47-61H2,1-2H3/b46-18-. The maximum Gasteiger partial charge on any atom is 0.305 e. The predicted octanol–water partition coefficient (Wildman–Crippen LogP) is 23.0. The van der Waals surface area contributed by atoms with Gasteiger partial charge in [0.25, 0.3) is 0 Å². The normalized spacial score (nSPS) is 11.7. The summed E-state index contributed by atoms with van der Waals surface area (Å²) in [5.41, 5.74) is 0. The number of hydrogen-bond acceptors (Lipinski definition) is 2. The molecule has 0 saturated carbocycles.